The number of carbonyl (C=O) groups excluding carboxylic acids is 1. The topological polar surface area (TPSA) is 114 Å². The van der Waals surface area contributed by atoms with Gasteiger partial charge in [0.15, 0.2) is 21.3 Å². The summed E-state index contributed by atoms with van der Waals surface area (Å²) in [6.07, 6.45) is 2.38. The van der Waals surface area contributed by atoms with Crippen LogP contribution in [0.4, 0.5) is 5.00 Å². The number of hydrogen-bond donors (Lipinski definition) is 3. The van der Waals surface area contributed by atoms with Crippen LogP contribution in [0, 0.1) is 5.92 Å². The molecule has 186 valence electrons. The lowest BCUT2D eigenvalue weighted by Gasteiger charge is -2.19. The van der Waals surface area contributed by atoms with Gasteiger partial charge in [0.05, 0.1) is 24.2 Å². The van der Waals surface area contributed by atoms with Crippen molar-refractivity contribution in [3.05, 3.63) is 40.3 Å². The van der Waals surface area contributed by atoms with Crippen LogP contribution in [-0.2, 0) is 22.7 Å². The fraction of sp³-hybridized carbons (Fsp3) is 0.542. The first-order valence-corrected chi connectivity index (χ1v) is 14.2. The van der Waals surface area contributed by atoms with Crippen LogP contribution >= 0.6 is 11.3 Å². The zero-order valence-electron chi connectivity index (χ0n) is 19.5. The van der Waals surface area contributed by atoms with Gasteiger partial charge in [0.1, 0.15) is 17.7 Å². The van der Waals surface area contributed by atoms with Gasteiger partial charge in [-0.25, -0.2) is 8.42 Å². The molecule has 1 aromatic heterocycles. The maximum absolute atomic E-state index is 13.2. The molecular formula is C24H32N2O6S2. The fourth-order valence-electron chi connectivity index (χ4n) is 4.48. The minimum Gasteiger partial charge on any atom is -0.493 e. The van der Waals surface area contributed by atoms with Gasteiger partial charge in [-0.05, 0) is 49.3 Å². The number of amides is 1. The van der Waals surface area contributed by atoms with Crippen molar-refractivity contribution in [3.8, 4) is 11.5 Å². The molecule has 0 saturated carbocycles. The summed E-state index contributed by atoms with van der Waals surface area (Å²) in [6.45, 7) is 2.48. The number of benzene rings is 1. The van der Waals surface area contributed by atoms with Crippen LogP contribution in [-0.4, -0.2) is 63.3 Å². The van der Waals surface area contributed by atoms with Crippen LogP contribution in [0.1, 0.15) is 40.6 Å². The lowest BCUT2D eigenvalue weighted by Crippen LogP contribution is -2.36. The molecule has 1 aliphatic heterocycles. The van der Waals surface area contributed by atoms with E-state index in [0.717, 1.165) is 24.8 Å². The summed E-state index contributed by atoms with van der Waals surface area (Å²) in [5, 5.41) is 17.4. The van der Waals surface area contributed by atoms with Crippen molar-refractivity contribution in [2.24, 2.45) is 5.92 Å². The van der Waals surface area contributed by atoms with Crippen molar-refractivity contribution in [1.82, 2.24) is 5.32 Å². The number of aliphatic hydroxyl groups excluding tert-OH is 1. The number of sulfone groups is 1. The monoisotopic (exact) mass is 508 g/mol. The van der Waals surface area contributed by atoms with E-state index in [1.165, 1.54) is 4.88 Å². The molecule has 2 aliphatic rings. The molecule has 8 nitrogen and oxygen atoms in total. The molecule has 34 heavy (non-hydrogen) atoms. The number of hydrogen-bond acceptors (Lipinski definition) is 8. The third-order valence-electron chi connectivity index (χ3n) is 6.30. The number of rotatable bonds is 9. The van der Waals surface area contributed by atoms with Gasteiger partial charge in [-0.2, -0.15) is 0 Å². The number of anilines is 1. The van der Waals surface area contributed by atoms with Crippen LogP contribution in [0.25, 0.3) is 0 Å². The van der Waals surface area contributed by atoms with Crippen LogP contribution in [0.15, 0.2) is 24.3 Å². The van der Waals surface area contributed by atoms with Crippen molar-refractivity contribution < 1.29 is 27.8 Å². The first-order chi connectivity index (χ1) is 16.3. The Morgan fingerprint density at radius 3 is 2.74 bits per heavy atom. The number of ether oxygens (including phenoxy) is 2. The van der Waals surface area contributed by atoms with E-state index in [2.05, 4.69) is 17.6 Å². The van der Waals surface area contributed by atoms with E-state index in [1.807, 2.05) is 12.1 Å². The SMILES string of the molecule is COc1ccccc1OCC(O)CNc1sc2c(c1C(=O)NC1CCS(=O)(=O)C1)CCC(C)C2. The molecule has 1 saturated heterocycles. The summed E-state index contributed by atoms with van der Waals surface area (Å²) in [4.78, 5) is 14.4. The van der Waals surface area contributed by atoms with Crippen LogP contribution in [0.2, 0.25) is 0 Å². The fourth-order valence-corrected chi connectivity index (χ4v) is 7.56. The second-order valence-corrected chi connectivity index (χ2v) is 12.5. The molecule has 0 bridgehead atoms. The van der Waals surface area contributed by atoms with Gasteiger partial charge in [0.2, 0.25) is 0 Å². The minimum absolute atomic E-state index is 0.0101. The predicted octanol–water partition coefficient (Wildman–Crippen LogP) is 2.65. The maximum atomic E-state index is 13.2. The molecule has 2 heterocycles. The van der Waals surface area contributed by atoms with E-state index in [9.17, 15) is 18.3 Å². The number of para-hydroxylation sites is 2. The second-order valence-electron chi connectivity index (χ2n) is 9.13. The zero-order chi connectivity index (χ0) is 24.3. The lowest BCUT2D eigenvalue weighted by molar-refractivity contribution is 0.0940. The van der Waals surface area contributed by atoms with Crippen LogP contribution in [0.5, 0.6) is 11.5 Å². The van der Waals surface area contributed by atoms with E-state index in [1.54, 1.807) is 30.6 Å². The first kappa shape index (κ1) is 24.8. The minimum atomic E-state index is -3.08. The van der Waals surface area contributed by atoms with Gasteiger partial charge >= 0.3 is 0 Å². The van der Waals surface area contributed by atoms with Crippen LogP contribution in [0.3, 0.4) is 0 Å². The Labute approximate surface area is 204 Å². The third kappa shape index (κ3) is 5.84. The Hall–Kier alpha value is -2.30. The zero-order valence-corrected chi connectivity index (χ0v) is 21.1. The molecule has 2 aromatic rings. The lowest BCUT2D eigenvalue weighted by atomic mass is 9.88. The summed E-state index contributed by atoms with van der Waals surface area (Å²) in [5.41, 5.74) is 1.64. The van der Waals surface area contributed by atoms with Gasteiger partial charge in [0.25, 0.3) is 5.91 Å². The van der Waals surface area contributed by atoms with Gasteiger partial charge in [-0.15, -0.1) is 11.3 Å². The molecule has 0 spiro atoms. The van der Waals surface area contributed by atoms with Gasteiger partial charge in [-0.3, -0.25) is 4.79 Å². The quantitative estimate of drug-likeness (QED) is 0.477. The summed E-state index contributed by atoms with van der Waals surface area (Å²) < 4.78 is 34.6. The largest absolute Gasteiger partial charge is 0.493 e. The molecule has 1 amide bonds. The van der Waals surface area contributed by atoms with E-state index in [-0.39, 0.29) is 36.6 Å². The molecule has 3 N–H and O–H groups in total. The number of aliphatic hydroxyl groups is 1. The Kier molecular flexibility index (Phi) is 7.69. The molecule has 10 heteroatoms. The number of fused-ring (bicyclic) bond motifs is 1. The summed E-state index contributed by atoms with van der Waals surface area (Å²) in [7, 11) is -1.52. The van der Waals surface area contributed by atoms with Crippen molar-refractivity contribution in [1.29, 1.82) is 0 Å². The van der Waals surface area contributed by atoms with Crippen LogP contribution < -0.4 is 20.1 Å². The number of carbonyl (C=O) groups is 1. The standard InChI is InChI=1S/C24H32N2O6S2/c1-15-7-8-18-21(11-15)33-24(22(18)23(28)26-16-9-10-34(29,30)14-16)25-12-17(27)13-32-20-6-4-3-5-19(20)31-2/h3-6,15-17,25,27H,7-14H2,1-2H3,(H,26,28). The van der Waals surface area contributed by atoms with E-state index >= 15 is 0 Å². The maximum Gasteiger partial charge on any atom is 0.254 e. The molecule has 0 radical (unpaired) electrons. The predicted molar refractivity (Wildman–Crippen MR) is 133 cm³/mol. The molecule has 3 atom stereocenters. The van der Waals surface area contributed by atoms with Crippen molar-refractivity contribution in [2.75, 3.05) is 37.1 Å². The average molecular weight is 509 g/mol. The summed E-state index contributed by atoms with van der Waals surface area (Å²) in [6, 6.07) is 6.89. The highest BCUT2D eigenvalue weighted by atomic mass is 32.2. The highest BCUT2D eigenvalue weighted by molar-refractivity contribution is 7.91. The molecule has 3 unspecified atom stereocenters. The van der Waals surface area contributed by atoms with Gasteiger partial charge in [0, 0.05) is 17.5 Å². The molecule has 4 rings (SSSR count). The number of nitrogens with one attached hydrogen (secondary N) is 2. The molecule has 1 aromatic carbocycles. The number of thiophene rings is 1. The Balaban J connectivity index is 1.44. The van der Waals surface area contributed by atoms with Crippen molar-refractivity contribution in [3.63, 3.8) is 0 Å². The van der Waals surface area contributed by atoms with Crippen molar-refractivity contribution >= 4 is 32.1 Å². The highest BCUT2D eigenvalue weighted by Gasteiger charge is 2.32. The van der Waals surface area contributed by atoms with Crippen molar-refractivity contribution in [2.45, 2.75) is 44.8 Å². The second kappa shape index (κ2) is 10.5. The molecular weight excluding hydrogens is 476 g/mol. The Morgan fingerprint density at radius 2 is 2.03 bits per heavy atom. The summed E-state index contributed by atoms with van der Waals surface area (Å²) >= 11 is 1.55. The Bertz CT molecular complexity index is 1130. The first-order valence-electron chi connectivity index (χ1n) is 11.6. The summed E-state index contributed by atoms with van der Waals surface area (Å²) in [5.74, 6) is 1.56. The molecule has 1 fully saturated rings. The average Bonchev–Trinajstić information content (AvgIpc) is 3.34. The molecule has 1 aliphatic carbocycles. The third-order valence-corrected chi connectivity index (χ3v) is 9.28. The van der Waals surface area contributed by atoms with E-state index in [4.69, 9.17) is 9.47 Å². The van der Waals surface area contributed by atoms with Gasteiger partial charge in [-0.1, -0.05) is 19.1 Å². The van der Waals surface area contributed by atoms with E-state index < -0.39 is 15.9 Å². The smallest absolute Gasteiger partial charge is 0.254 e. The highest BCUT2D eigenvalue weighted by Crippen LogP contribution is 2.40. The van der Waals surface area contributed by atoms with E-state index in [0.29, 0.717) is 34.4 Å². The normalized spacial score (nSPS) is 22.0. The van der Waals surface area contributed by atoms with Gasteiger partial charge < -0.3 is 25.2 Å². The Morgan fingerprint density at radius 1 is 1.26 bits per heavy atom. The number of methoxy groups -OCH3 is 1.